The summed E-state index contributed by atoms with van der Waals surface area (Å²) in [5.74, 6) is -4.09. The minimum Gasteiger partial charge on any atom is -0.480 e. The van der Waals surface area contributed by atoms with Gasteiger partial charge in [0.05, 0.1) is 5.69 Å². The molecule has 0 saturated heterocycles. The van der Waals surface area contributed by atoms with E-state index in [1.807, 2.05) is 6.92 Å². The molecule has 1 unspecified atom stereocenters. The molecule has 0 bridgehead atoms. The van der Waals surface area contributed by atoms with Crippen molar-refractivity contribution < 1.29 is 18.7 Å². The molecule has 1 aliphatic carbocycles. The fraction of sp³-hybridized carbons (Fsp3) is 0.636. The van der Waals surface area contributed by atoms with Crippen LogP contribution in [0.25, 0.3) is 0 Å². The fourth-order valence-corrected chi connectivity index (χ4v) is 2.39. The van der Waals surface area contributed by atoms with E-state index in [0.717, 1.165) is 18.0 Å². The Morgan fingerprint density at radius 1 is 1.65 bits per heavy atom. The van der Waals surface area contributed by atoms with Crippen molar-refractivity contribution in [1.82, 2.24) is 9.78 Å². The molecule has 94 valence electrons. The lowest BCUT2D eigenvalue weighted by Crippen LogP contribution is -2.21. The molecule has 2 rings (SSSR count). The van der Waals surface area contributed by atoms with Gasteiger partial charge in [0, 0.05) is 18.4 Å². The predicted molar refractivity (Wildman–Crippen MR) is 56.2 cm³/mol. The van der Waals surface area contributed by atoms with Crippen molar-refractivity contribution in [2.45, 2.75) is 45.1 Å². The molecule has 0 amide bonds. The number of carbonyl (C=O) groups is 1. The summed E-state index contributed by atoms with van der Waals surface area (Å²) in [5, 5.41) is 12.7. The van der Waals surface area contributed by atoms with Crippen LogP contribution in [0.2, 0.25) is 0 Å². The van der Waals surface area contributed by atoms with Gasteiger partial charge in [0.25, 0.3) is 5.92 Å². The second-order valence-electron chi connectivity index (χ2n) is 4.59. The maximum atomic E-state index is 13.5. The third-order valence-electron chi connectivity index (χ3n) is 3.08. The van der Waals surface area contributed by atoms with Crippen molar-refractivity contribution >= 4 is 5.97 Å². The lowest BCUT2D eigenvalue weighted by atomic mass is 10.1. The van der Waals surface area contributed by atoms with E-state index >= 15 is 0 Å². The van der Waals surface area contributed by atoms with Crippen LogP contribution in [0.3, 0.4) is 0 Å². The lowest BCUT2D eigenvalue weighted by Gasteiger charge is -2.14. The zero-order valence-electron chi connectivity index (χ0n) is 9.70. The fourth-order valence-electron chi connectivity index (χ4n) is 2.39. The van der Waals surface area contributed by atoms with Gasteiger partial charge in [0.2, 0.25) is 0 Å². The third-order valence-corrected chi connectivity index (χ3v) is 3.08. The van der Waals surface area contributed by atoms with Crippen LogP contribution in [0, 0.1) is 0 Å². The van der Waals surface area contributed by atoms with Gasteiger partial charge in [0.15, 0.2) is 0 Å². The molecule has 0 saturated carbocycles. The molecule has 1 aromatic rings. The lowest BCUT2D eigenvalue weighted by molar-refractivity contribution is -0.138. The first-order chi connectivity index (χ1) is 7.80. The number of halogens is 2. The second-order valence-corrected chi connectivity index (χ2v) is 4.59. The van der Waals surface area contributed by atoms with Crippen molar-refractivity contribution in [3.05, 3.63) is 17.0 Å². The molecular weight excluding hydrogens is 230 g/mol. The van der Waals surface area contributed by atoms with Crippen molar-refractivity contribution in [3.8, 4) is 0 Å². The maximum absolute atomic E-state index is 13.5. The Morgan fingerprint density at radius 2 is 2.29 bits per heavy atom. The van der Waals surface area contributed by atoms with Gasteiger partial charge in [0.1, 0.15) is 12.2 Å². The number of alkyl halides is 2. The van der Waals surface area contributed by atoms with Crippen molar-refractivity contribution in [3.63, 3.8) is 0 Å². The van der Waals surface area contributed by atoms with Crippen LogP contribution in [-0.4, -0.2) is 20.9 Å². The normalized spacial score (nSPS) is 19.4. The summed E-state index contributed by atoms with van der Waals surface area (Å²) >= 11 is 0. The van der Waals surface area contributed by atoms with Gasteiger partial charge in [-0.1, -0.05) is 6.92 Å². The molecule has 17 heavy (non-hydrogen) atoms. The first-order valence-corrected chi connectivity index (χ1v) is 5.50. The van der Waals surface area contributed by atoms with Crippen LogP contribution < -0.4 is 0 Å². The smallest absolute Gasteiger partial charge is 0.325 e. The molecule has 0 aromatic carbocycles. The maximum Gasteiger partial charge on any atom is 0.325 e. The molecule has 0 radical (unpaired) electrons. The number of hydrogen-bond donors (Lipinski definition) is 1. The molecule has 1 heterocycles. The van der Waals surface area contributed by atoms with Gasteiger partial charge >= 0.3 is 5.97 Å². The minimum absolute atomic E-state index is 0.126. The number of aliphatic carboxylic acids is 1. The summed E-state index contributed by atoms with van der Waals surface area (Å²) in [6, 6.07) is 0. The summed E-state index contributed by atoms with van der Waals surface area (Å²) in [6.45, 7) is 2.19. The van der Waals surface area contributed by atoms with E-state index in [9.17, 15) is 13.6 Å². The van der Waals surface area contributed by atoms with Crippen LogP contribution in [0.5, 0.6) is 0 Å². The summed E-state index contributed by atoms with van der Waals surface area (Å²) in [5.41, 5.74) is 0.924. The van der Waals surface area contributed by atoms with Gasteiger partial charge in [-0.25, -0.2) is 0 Å². The highest BCUT2D eigenvalue weighted by Gasteiger charge is 2.38. The predicted octanol–water partition coefficient (Wildman–Crippen LogP) is 2.13. The van der Waals surface area contributed by atoms with Crippen molar-refractivity contribution in [1.29, 1.82) is 0 Å². The van der Waals surface area contributed by atoms with E-state index in [0.29, 0.717) is 17.7 Å². The van der Waals surface area contributed by atoms with Gasteiger partial charge < -0.3 is 5.11 Å². The molecule has 1 atom stereocenters. The minimum atomic E-state index is -3.06. The highest BCUT2D eigenvalue weighted by molar-refractivity contribution is 5.66. The number of rotatable bonds is 3. The molecular formula is C11H14F2N2O2. The largest absolute Gasteiger partial charge is 0.480 e. The summed E-state index contributed by atoms with van der Waals surface area (Å²) < 4.78 is 28.0. The van der Waals surface area contributed by atoms with Crippen molar-refractivity contribution in [2.75, 3.05) is 0 Å². The second kappa shape index (κ2) is 3.78. The number of aromatic nitrogens is 2. The van der Waals surface area contributed by atoms with Crippen LogP contribution in [0.4, 0.5) is 8.78 Å². The first kappa shape index (κ1) is 12.0. The molecule has 1 aliphatic rings. The summed E-state index contributed by atoms with van der Waals surface area (Å²) in [7, 11) is 0. The topological polar surface area (TPSA) is 55.1 Å². The summed E-state index contributed by atoms with van der Waals surface area (Å²) in [6.07, 6.45) is 1.35. The van der Waals surface area contributed by atoms with Gasteiger partial charge in [-0.15, -0.1) is 0 Å². The SMILES string of the molecule is CC1CCc2c1nn(CC(=O)O)c2C(C)(F)F. The highest BCUT2D eigenvalue weighted by atomic mass is 19.3. The van der Waals surface area contributed by atoms with Crippen LogP contribution in [0.15, 0.2) is 0 Å². The van der Waals surface area contributed by atoms with E-state index in [1.165, 1.54) is 0 Å². The molecule has 0 aliphatic heterocycles. The molecule has 0 fully saturated rings. The van der Waals surface area contributed by atoms with E-state index in [-0.39, 0.29) is 11.6 Å². The number of fused-ring (bicyclic) bond motifs is 1. The molecule has 1 aromatic heterocycles. The Kier molecular flexibility index (Phi) is 2.67. The van der Waals surface area contributed by atoms with E-state index in [1.54, 1.807) is 0 Å². The highest BCUT2D eigenvalue weighted by Crippen LogP contribution is 2.40. The Hall–Kier alpha value is -1.46. The quantitative estimate of drug-likeness (QED) is 0.886. The standard InChI is InChI=1S/C11H14F2N2O2/c1-6-3-4-7-9(6)14-15(5-8(16)17)10(7)11(2,12)13/h6H,3-5H2,1-2H3,(H,16,17). The Morgan fingerprint density at radius 3 is 2.82 bits per heavy atom. The molecule has 6 heteroatoms. The zero-order chi connectivity index (χ0) is 12.8. The average molecular weight is 244 g/mol. The summed E-state index contributed by atoms with van der Waals surface area (Å²) in [4.78, 5) is 10.7. The zero-order valence-corrected chi connectivity index (χ0v) is 9.70. The van der Waals surface area contributed by atoms with Gasteiger partial charge in [-0.05, 0) is 12.8 Å². The number of hydrogen-bond acceptors (Lipinski definition) is 2. The van der Waals surface area contributed by atoms with Crippen LogP contribution in [-0.2, 0) is 23.7 Å². The first-order valence-electron chi connectivity index (χ1n) is 5.50. The monoisotopic (exact) mass is 244 g/mol. The average Bonchev–Trinajstić information content (AvgIpc) is 2.64. The molecule has 1 N–H and O–H groups in total. The number of carboxylic acid groups (broad SMARTS) is 1. The van der Waals surface area contributed by atoms with E-state index in [4.69, 9.17) is 5.11 Å². The number of carboxylic acids is 1. The van der Waals surface area contributed by atoms with E-state index in [2.05, 4.69) is 5.10 Å². The van der Waals surface area contributed by atoms with Gasteiger partial charge in [-0.2, -0.15) is 13.9 Å². The Labute approximate surface area is 97.2 Å². The molecule has 4 nitrogen and oxygen atoms in total. The Balaban J connectivity index is 2.53. The van der Waals surface area contributed by atoms with E-state index < -0.39 is 18.4 Å². The third kappa shape index (κ3) is 2.03. The number of nitrogens with zero attached hydrogens (tertiary/aromatic N) is 2. The van der Waals surface area contributed by atoms with Crippen LogP contribution in [0.1, 0.15) is 43.1 Å². The van der Waals surface area contributed by atoms with Crippen LogP contribution >= 0.6 is 0 Å². The van der Waals surface area contributed by atoms with Gasteiger partial charge in [-0.3, -0.25) is 9.48 Å². The van der Waals surface area contributed by atoms with Crippen molar-refractivity contribution in [2.24, 2.45) is 0 Å². The Bertz CT molecular complexity index is 463. The molecule has 0 spiro atoms.